The van der Waals surface area contributed by atoms with E-state index >= 15 is 0 Å². The van der Waals surface area contributed by atoms with E-state index in [1.54, 1.807) is 31.3 Å². The number of anilines is 1. The van der Waals surface area contributed by atoms with Crippen LogP contribution < -0.4 is 16.0 Å². The molecule has 7 heteroatoms. The summed E-state index contributed by atoms with van der Waals surface area (Å²) in [6.45, 7) is 0. The number of nitrogens with one attached hydrogen (secondary N) is 3. The van der Waals surface area contributed by atoms with E-state index in [2.05, 4.69) is 16.0 Å². The molecular weight excluding hydrogens is 329 g/mol. The highest BCUT2D eigenvalue weighted by Gasteiger charge is 2.08. The molecule has 2 aromatic rings. The molecule has 0 heterocycles. The van der Waals surface area contributed by atoms with E-state index in [1.807, 2.05) is 0 Å². The van der Waals surface area contributed by atoms with Crippen LogP contribution in [0.1, 0.15) is 15.9 Å². The summed E-state index contributed by atoms with van der Waals surface area (Å²) in [5, 5.41) is 8.07. The molecule has 0 aliphatic heterocycles. The molecule has 2 amide bonds. The molecule has 0 aromatic heterocycles. The molecule has 0 aliphatic rings. The number of carbonyl (C=O) groups excluding carboxylic acids is 2. The topological polar surface area (TPSA) is 70.2 Å². The average molecular weight is 345 g/mol. The Labute approximate surface area is 144 Å². The standard InChI is InChI=1S/C17H16FN3O2S/c1-19-15(22)10-11-2-8-14(9-3-11)20-17(24)21-16(23)12-4-6-13(18)7-5-12/h2-9H,10H2,1H3,(H,19,22)(H2,20,21,23,24). The molecule has 0 atom stereocenters. The summed E-state index contributed by atoms with van der Waals surface area (Å²) >= 11 is 5.08. The van der Waals surface area contributed by atoms with Crippen molar-refractivity contribution < 1.29 is 14.0 Å². The SMILES string of the molecule is CNC(=O)Cc1ccc(NC(=S)NC(=O)c2ccc(F)cc2)cc1. The highest BCUT2D eigenvalue weighted by molar-refractivity contribution is 7.80. The summed E-state index contributed by atoms with van der Waals surface area (Å²) < 4.78 is 12.8. The summed E-state index contributed by atoms with van der Waals surface area (Å²) in [6, 6.07) is 12.3. The van der Waals surface area contributed by atoms with Gasteiger partial charge in [-0.15, -0.1) is 0 Å². The van der Waals surface area contributed by atoms with E-state index in [-0.39, 0.29) is 11.0 Å². The minimum atomic E-state index is -0.427. The van der Waals surface area contributed by atoms with Gasteiger partial charge in [0.15, 0.2) is 5.11 Å². The molecule has 2 rings (SSSR count). The Morgan fingerprint density at radius 3 is 2.25 bits per heavy atom. The Morgan fingerprint density at radius 1 is 1.04 bits per heavy atom. The van der Waals surface area contributed by atoms with Crippen LogP contribution in [0.4, 0.5) is 10.1 Å². The number of hydrogen-bond acceptors (Lipinski definition) is 3. The number of halogens is 1. The van der Waals surface area contributed by atoms with E-state index in [0.29, 0.717) is 17.7 Å². The zero-order chi connectivity index (χ0) is 17.5. The second kappa shape index (κ2) is 8.16. The Bertz CT molecular complexity index is 745. The van der Waals surface area contributed by atoms with Crippen molar-refractivity contribution in [3.63, 3.8) is 0 Å². The molecule has 124 valence electrons. The fraction of sp³-hybridized carbons (Fsp3) is 0.118. The van der Waals surface area contributed by atoms with Crippen LogP contribution in [0.15, 0.2) is 48.5 Å². The number of carbonyl (C=O) groups is 2. The van der Waals surface area contributed by atoms with Crippen LogP contribution in [0.5, 0.6) is 0 Å². The van der Waals surface area contributed by atoms with Gasteiger partial charge >= 0.3 is 0 Å². The van der Waals surface area contributed by atoms with Crippen molar-refractivity contribution >= 4 is 34.8 Å². The van der Waals surface area contributed by atoms with Crippen molar-refractivity contribution in [2.45, 2.75) is 6.42 Å². The van der Waals surface area contributed by atoms with Gasteiger partial charge in [-0.25, -0.2) is 4.39 Å². The summed E-state index contributed by atoms with van der Waals surface area (Å²) in [5.74, 6) is -0.911. The average Bonchev–Trinajstić information content (AvgIpc) is 2.57. The Kier molecular flexibility index (Phi) is 5.97. The normalized spacial score (nSPS) is 9.92. The minimum Gasteiger partial charge on any atom is -0.359 e. The van der Waals surface area contributed by atoms with Gasteiger partial charge < -0.3 is 10.6 Å². The summed E-state index contributed by atoms with van der Waals surface area (Å²) in [4.78, 5) is 23.3. The van der Waals surface area contributed by atoms with Crippen LogP contribution in [0.3, 0.4) is 0 Å². The molecule has 0 radical (unpaired) electrons. The highest BCUT2D eigenvalue weighted by Crippen LogP contribution is 2.10. The van der Waals surface area contributed by atoms with Crippen LogP contribution >= 0.6 is 12.2 Å². The lowest BCUT2D eigenvalue weighted by Crippen LogP contribution is -2.34. The quantitative estimate of drug-likeness (QED) is 0.744. The monoisotopic (exact) mass is 345 g/mol. The first-order valence-electron chi connectivity index (χ1n) is 7.15. The Balaban J connectivity index is 1.91. The number of rotatable bonds is 4. The lowest BCUT2D eigenvalue weighted by Gasteiger charge is -2.10. The molecule has 2 aromatic carbocycles. The van der Waals surface area contributed by atoms with Crippen LogP contribution in [0, 0.1) is 5.82 Å². The molecule has 0 bridgehead atoms. The predicted octanol–water partition coefficient (Wildman–Crippen LogP) is 2.24. The van der Waals surface area contributed by atoms with Crippen molar-refractivity contribution in [1.29, 1.82) is 0 Å². The number of benzene rings is 2. The van der Waals surface area contributed by atoms with E-state index in [1.165, 1.54) is 24.3 Å². The van der Waals surface area contributed by atoms with E-state index < -0.39 is 11.7 Å². The summed E-state index contributed by atoms with van der Waals surface area (Å²) in [7, 11) is 1.58. The third-order valence-corrected chi connectivity index (χ3v) is 3.39. The van der Waals surface area contributed by atoms with E-state index in [9.17, 15) is 14.0 Å². The van der Waals surface area contributed by atoms with Gasteiger partial charge in [-0.2, -0.15) is 0 Å². The second-order valence-electron chi connectivity index (χ2n) is 4.96. The first kappa shape index (κ1) is 17.6. The smallest absolute Gasteiger partial charge is 0.257 e. The summed E-state index contributed by atoms with van der Waals surface area (Å²) in [6.07, 6.45) is 0.294. The van der Waals surface area contributed by atoms with Gasteiger partial charge in [0.1, 0.15) is 5.82 Å². The lowest BCUT2D eigenvalue weighted by molar-refractivity contribution is -0.119. The number of hydrogen-bond donors (Lipinski definition) is 3. The van der Waals surface area contributed by atoms with Crippen molar-refractivity contribution in [2.24, 2.45) is 0 Å². The third kappa shape index (κ3) is 5.13. The first-order chi connectivity index (χ1) is 11.5. The van der Waals surface area contributed by atoms with Crippen LogP contribution in [-0.2, 0) is 11.2 Å². The minimum absolute atomic E-state index is 0.0715. The lowest BCUT2D eigenvalue weighted by atomic mass is 10.1. The Morgan fingerprint density at radius 2 is 1.67 bits per heavy atom. The largest absolute Gasteiger partial charge is 0.359 e. The molecule has 0 spiro atoms. The predicted molar refractivity (Wildman–Crippen MR) is 94.3 cm³/mol. The van der Waals surface area contributed by atoms with E-state index in [4.69, 9.17) is 12.2 Å². The van der Waals surface area contributed by atoms with Gasteiger partial charge in [0, 0.05) is 18.3 Å². The molecule has 3 N–H and O–H groups in total. The number of likely N-dealkylation sites (N-methyl/N-ethyl adjacent to an activating group) is 1. The molecule has 24 heavy (non-hydrogen) atoms. The summed E-state index contributed by atoms with van der Waals surface area (Å²) in [5.41, 5.74) is 1.85. The highest BCUT2D eigenvalue weighted by atomic mass is 32.1. The second-order valence-corrected chi connectivity index (χ2v) is 5.37. The Hall–Kier alpha value is -2.80. The number of amides is 2. The maximum atomic E-state index is 12.8. The van der Waals surface area contributed by atoms with Crippen LogP contribution in [0.2, 0.25) is 0 Å². The maximum Gasteiger partial charge on any atom is 0.257 e. The zero-order valence-corrected chi connectivity index (χ0v) is 13.7. The molecule has 0 fully saturated rings. The molecule has 5 nitrogen and oxygen atoms in total. The molecule has 0 unspecified atom stereocenters. The fourth-order valence-electron chi connectivity index (χ4n) is 1.92. The zero-order valence-electron chi connectivity index (χ0n) is 12.9. The van der Waals surface area contributed by atoms with Crippen molar-refractivity contribution in [3.8, 4) is 0 Å². The van der Waals surface area contributed by atoms with Gasteiger partial charge in [0.05, 0.1) is 6.42 Å². The molecule has 0 saturated heterocycles. The molecular formula is C17H16FN3O2S. The van der Waals surface area contributed by atoms with Gasteiger partial charge in [0.2, 0.25) is 5.91 Å². The third-order valence-electron chi connectivity index (χ3n) is 3.19. The van der Waals surface area contributed by atoms with Crippen molar-refractivity contribution in [3.05, 3.63) is 65.5 Å². The number of thiocarbonyl (C=S) groups is 1. The van der Waals surface area contributed by atoms with E-state index in [0.717, 1.165) is 5.56 Å². The molecule has 0 aliphatic carbocycles. The van der Waals surface area contributed by atoms with Gasteiger partial charge in [-0.1, -0.05) is 12.1 Å². The molecule has 0 saturated carbocycles. The van der Waals surface area contributed by atoms with Gasteiger partial charge in [-0.05, 0) is 54.2 Å². The van der Waals surface area contributed by atoms with Crippen molar-refractivity contribution in [2.75, 3.05) is 12.4 Å². The fourth-order valence-corrected chi connectivity index (χ4v) is 2.13. The van der Waals surface area contributed by atoms with Crippen LogP contribution in [0.25, 0.3) is 0 Å². The van der Waals surface area contributed by atoms with Gasteiger partial charge in [0.25, 0.3) is 5.91 Å². The van der Waals surface area contributed by atoms with Crippen molar-refractivity contribution in [1.82, 2.24) is 10.6 Å². The first-order valence-corrected chi connectivity index (χ1v) is 7.56. The van der Waals surface area contributed by atoms with Gasteiger partial charge in [-0.3, -0.25) is 14.9 Å². The maximum absolute atomic E-state index is 12.8. The van der Waals surface area contributed by atoms with Crippen LogP contribution in [-0.4, -0.2) is 24.0 Å².